The second-order valence-electron chi connectivity index (χ2n) is 8.16. The van der Waals surface area contributed by atoms with Gasteiger partial charge in [0.25, 0.3) is 15.9 Å². The van der Waals surface area contributed by atoms with Gasteiger partial charge in [0.05, 0.1) is 22.0 Å². The molecule has 0 aromatic heterocycles. The average Bonchev–Trinajstić information content (AvgIpc) is 3.44. The zero-order valence-corrected chi connectivity index (χ0v) is 19.3. The van der Waals surface area contributed by atoms with Gasteiger partial charge in [0.2, 0.25) is 5.96 Å². The fourth-order valence-corrected chi connectivity index (χ4v) is 5.99. The van der Waals surface area contributed by atoms with E-state index >= 15 is 0 Å². The molecule has 2 aromatic rings. The van der Waals surface area contributed by atoms with E-state index in [4.69, 9.17) is 17.0 Å². The van der Waals surface area contributed by atoms with E-state index in [9.17, 15) is 13.2 Å². The number of rotatable bonds is 7. The molecule has 9 heteroatoms. The highest BCUT2D eigenvalue weighted by Gasteiger charge is 2.38. The summed E-state index contributed by atoms with van der Waals surface area (Å²) in [6.45, 7) is 1.29. The van der Waals surface area contributed by atoms with Crippen molar-refractivity contribution in [3.63, 3.8) is 0 Å². The standard InChI is InChI=1S/C23H27ClN4O3S/c24-21-8-4-3-7-20(21)22(29)26-14-13-17-9-11-19(12-10-17)32(30,31)28-16-15-27(23(28)25)18-5-1-2-6-18/h3-4,7-12,18,25H,1-2,5-6,13-16H2,(H,26,29). The lowest BCUT2D eigenvalue weighted by atomic mass is 10.1. The summed E-state index contributed by atoms with van der Waals surface area (Å²) in [6.07, 6.45) is 4.89. The van der Waals surface area contributed by atoms with E-state index in [1.54, 1.807) is 48.5 Å². The molecule has 0 unspecified atom stereocenters. The Morgan fingerprint density at radius 2 is 1.75 bits per heavy atom. The number of guanidine groups is 1. The van der Waals surface area contributed by atoms with Gasteiger partial charge in [0.15, 0.2) is 0 Å². The van der Waals surface area contributed by atoms with Gasteiger partial charge in [-0.3, -0.25) is 10.2 Å². The summed E-state index contributed by atoms with van der Waals surface area (Å²) in [6, 6.07) is 13.8. The van der Waals surface area contributed by atoms with Crippen molar-refractivity contribution in [2.24, 2.45) is 0 Å². The average molecular weight is 475 g/mol. The first-order valence-corrected chi connectivity index (χ1v) is 12.7. The zero-order chi connectivity index (χ0) is 22.7. The Kier molecular flexibility index (Phi) is 6.71. The fourth-order valence-electron chi connectivity index (χ4n) is 4.38. The van der Waals surface area contributed by atoms with E-state index in [0.29, 0.717) is 36.6 Å². The number of halogens is 1. The van der Waals surface area contributed by atoms with Crippen LogP contribution in [0.1, 0.15) is 41.6 Å². The van der Waals surface area contributed by atoms with Crippen LogP contribution < -0.4 is 5.32 Å². The monoisotopic (exact) mass is 474 g/mol. The largest absolute Gasteiger partial charge is 0.352 e. The number of carbonyl (C=O) groups excluding carboxylic acids is 1. The second kappa shape index (κ2) is 9.50. The van der Waals surface area contributed by atoms with Crippen LogP contribution in [0.2, 0.25) is 5.02 Å². The van der Waals surface area contributed by atoms with Crippen LogP contribution in [0.4, 0.5) is 0 Å². The van der Waals surface area contributed by atoms with Crippen LogP contribution in [0.5, 0.6) is 0 Å². The van der Waals surface area contributed by atoms with Gasteiger partial charge >= 0.3 is 0 Å². The molecule has 0 spiro atoms. The van der Waals surface area contributed by atoms with Crippen molar-refractivity contribution in [3.05, 3.63) is 64.7 Å². The molecule has 32 heavy (non-hydrogen) atoms. The molecule has 4 rings (SSSR count). The van der Waals surface area contributed by atoms with Crippen molar-refractivity contribution < 1.29 is 13.2 Å². The first-order valence-electron chi connectivity index (χ1n) is 10.9. The number of sulfonamides is 1. The topological polar surface area (TPSA) is 93.6 Å². The van der Waals surface area contributed by atoms with Crippen molar-refractivity contribution in [2.75, 3.05) is 19.6 Å². The minimum Gasteiger partial charge on any atom is -0.352 e. The maximum Gasteiger partial charge on any atom is 0.266 e. The van der Waals surface area contributed by atoms with Crippen LogP contribution in [0, 0.1) is 5.41 Å². The van der Waals surface area contributed by atoms with Crippen molar-refractivity contribution >= 4 is 33.5 Å². The fraction of sp³-hybridized carbons (Fsp3) is 0.391. The molecule has 1 aliphatic carbocycles. The van der Waals surface area contributed by atoms with Gasteiger partial charge in [-0.15, -0.1) is 0 Å². The van der Waals surface area contributed by atoms with E-state index in [2.05, 4.69) is 5.32 Å². The van der Waals surface area contributed by atoms with E-state index in [-0.39, 0.29) is 22.8 Å². The van der Waals surface area contributed by atoms with Crippen LogP contribution in [0.3, 0.4) is 0 Å². The molecule has 0 atom stereocenters. The van der Waals surface area contributed by atoms with Crippen molar-refractivity contribution in [1.82, 2.24) is 14.5 Å². The molecule has 2 aromatic carbocycles. The molecular weight excluding hydrogens is 448 g/mol. The minimum atomic E-state index is -3.76. The van der Waals surface area contributed by atoms with Crippen LogP contribution in [-0.2, 0) is 16.4 Å². The van der Waals surface area contributed by atoms with E-state index in [1.165, 1.54) is 4.31 Å². The SMILES string of the molecule is N=C1N(C2CCCC2)CCN1S(=O)(=O)c1ccc(CCNC(=O)c2ccccc2Cl)cc1. The molecule has 170 valence electrons. The third kappa shape index (κ3) is 4.61. The van der Waals surface area contributed by atoms with Gasteiger partial charge in [-0.05, 0) is 49.1 Å². The Hall–Kier alpha value is -2.58. The Morgan fingerprint density at radius 1 is 1.06 bits per heavy atom. The highest BCUT2D eigenvalue weighted by atomic mass is 35.5. The highest BCUT2D eigenvalue weighted by Crippen LogP contribution is 2.29. The van der Waals surface area contributed by atoms with Gasteiger partial charge in [0, 0.05) is 19.1 Å². The smallest absolute Gasteiger partial charge is 0.266 e. The summed E-state index contributed by atoms with van der Waals surface area (Å²) < 4.78 is 27.4. The van der Waals surface area contributed by atoms with Gasteiger partial charge in [-0.25, -0.2) is 12.7 Å². The summed E-state index contributed by atoms with van der Waals surface area (Å²) in [5, 5.41) is 11.6. The number of hydrogen-bond donors (Lipinski definition) is 2. The van der Waals surface area contributed by atoms with E-state index < -0.39 is 10.0 Å². The lowest BCUT2D eigenvalue weighted by Crippen LogP contribution is -2.40. The number of benzene rings is 2. The maximum atomic E-state index is 13.1. The summed E-state index contributed by atoms with van der Waals surface area (Å²) >= 11 is 6.05. The third-order valence-electron chi connectivity index (χ3n) is 6.15. The molecule has 1 aliphatic heterocycles. The highest BCUT2D eigenvalue weighted by molar-refractivity contribution is 7.89. The molecule has 1 saturated heterocycles. The first-order chi connectivity index (χ1) is 15.4. The van der Waals surface area contributed by atoms with Crippen molar-refractivity contribution in [1.29, 1.82) is 5.41 Å². The third-order valence-corrected chi connectivity index (χ3v) is 8.28. The molecule has 1 amide bonds. The van der Waals surface area contributed by atoms with Gasteiger partial charge in [-0.2, -0.15) is 0 Å². The lowest BCUT2D eigenvalue weighted by Gasteiger charge is -2.26. The van der Waals surface area contributed by atoms with Crippen LogP contribution in [0.25, 0.3) is 0 Å². The summed E-state index contributed by atoms with van der Waals surface area (Å²) in [5.41, 5.74) is 1.34. The van der Waals surface area contributed by atoms with Gasteiger partial charge in [-0.1, -0.05) is 48.7 Å². The molecule has 7 nitrogen and oxygen atoms in total. The molecule has 0 bridgehead atoms. The normalized spacial score (nSPS) is 17.2. The number of carbonyl (C=O) groups is 1. The van der Waals surface area contributed by atoms with Crippen molar-refractivity contribution in [2.45, 2.75) is 43.0 Å². The number of hydrogen-bond acceptors (Lipinski definition) is 4. The molecule has 0 radical (unpaired) electrons. The van der Waals surface area contributed by atoms with E-state index in [0.717, 1.165) is 31.2 Å². The molecule has 2 fully saturated rings. The van der Waals surface area contributed by atoms with Crippen molar-refractivity contribution in [3.8, 4) is 0 Å². The van der Waals surface area contributed by atoms with Gasteiger partial charge < -0.3 is 10.2 Å². The maximum absolute atomic E-state index is 13.1. The number of nitrogens with zero attached hydrogens (tertiary/aromatic N) is 2. The molecule has 1 saturated carbocycles. The van der Waals surface area contributed by atoms with Crippen LogP contribution in [-0.4, -0.2) is 55.2 Å². The Labute approximate surface area is 193 Å². The summed E-state index contributed by atoms with van der Waals surface area (Å²) in [4.78, 5) is 14.3. The Morgan fingerprint density at radius 3 is 2.44 bits per heavy atom. The van der Waals surface area contributed by atoms with Crippen LogP contribution >= 0.6 is 11.6 Å². The Bertz CT molecular complexity index is 1100. The minimum absolute atomic E-state index is 0.0864. The predicted octanol–water partition coefficient (Wildman–Crippen LogP) is 3.50. The predicted molar refractivity (Wildman–Crippen MR) is 125 cm³/mol. The molecular formula is C23H27ClN4O3S. The Balaban J connectivity index is 1.35. The summed E-state index contributed by atoms with van der Waals surface area (Å²) in [5.74, 6) is -0.155. The van der Waals surface area contributed by atoms with Crippen LogP contribution in [0.15, 0.2) is 53.4 Å². The quantitative estimate of drug-likeness (QED) is 0.642. The lowest BCUT2D eigenvalue weighted by molar-refractivity contribution is 0.0954. The molecule has 2 N–H and O–H groups in total. The first kappa shape index (κ1) is 22.6. The number of nitrogens with one attached hydrogen (secondary N) is 2. The van der Waals surface area contributed by atoms with Gasteiger partial charge in [0.1, 0.15) is 0 Å². The number of amides is 1. The molecule has 1 heterocycles. The molecule has 2 aliphatic rings. The second-order valence-corrected chi connectivity index (χ2v) is 10.4. The van der Waals surface area contributed by atoms with E-state index in [1.807, 2.05) is 4.90 Å². The zero-order valence-electron chi connectivity index (χ0n) is 17.8. The summed E-state index contributed by atoms with van der Waals surface area (Å²) in [7, 11) is -3.76.